The van der Waals surface area contributed by atoms with Crippen LogP contribution in [0.15, 0.2) is 42.5 Å². The van der Waals surface area contributed by atoms with Gasteiger partial charge < -0.3 is 14.7 Å². The molecule has 3 rings (SSSR count). The van der Waals surface area contributed by atoms with Crippen molar-refractivity contribution in [3.05, 3.63) is 53.6 Å². The Morgan fingerprint density at radius 2 is 1.82 bits per heavy atom. The number of carbonyl (C=O) groups is 1. The van der Waals surface area contributed by atoms with Crippen LogP contribution < -0.4 is 9.64 Å². The van der Waals surface area contributed by atoms with Gasteiger partial charge in [-0.3, -0.25) is 4.79 Å². The summed E-state index contributed by atoms with van der Waals surface area (Å²) in [5, 5.41) is 9.65. The van der Waals surface area contributed by atoms with Gasteiger partial charge >= 0.3 is 0 Å². The first-order valence-corrected chi connectivity index (χ1v) is 7.26. The standard InChI is InChI=1S/C18H19NO3/c1-12-4-6-13(7-5-12)11-19-15-9-8-14(20)10-16(15)22-18(2,3)17(19)21/h4-10,20H,11H2,1-3H3. The van der Waals surface area contributed by atoms with Gasteiger partial charge in [-0.05, 0) is 38.5 Å². The van der Waals surface area contributed by atoms with E-state index in [4.69, 9.17) is 4.74 Å². The van der Waals surface area contributed by atoms with Crippen LogP contribution in [0.2, 0.25) is 0 Å². The first kappa shape index (κ1) is 14.4. The Hall–Kier alpha value is -2.49. The van der Waals surface area contributed by atoms with Crippen molar-refractivity contribution in [2.75, 3.05) is 4.90 Å². The Labute approximate surface area is 130 Å². The predicted octanol–water partition coefficient (Wildman–Crippen LogP) is 3.40. The molecule has 114 valence electrons. The Morgan fingerprint density at radius 3 is 2.50 bits per heavy atom. The van der Waals surface area contributed by atoms with Gasteiger partial charge in [0, 0.05) is 6.07 Å². The number of phenolic OH excluding ortho intramolecular Hbond substituents is 1. The second-order valence-corrected chi connectivity index (χ2v) is 6.14. The number of hydrogen-bond acceptors (Lipinski definition) is 3. The predicted molar refractivity (Wildman–Crippen MR) is 85.2 cm³/mol. The van der Waals surface area contributed by atoms with E-state index in [0.717, 1.165) is 5.56 Å². The average molecular weight is 297 g/mol. The summed E-state index contributed by atoms with van der Waals surface area (Å²) < 4.78 is 5.75. The summed E-state index contributed by atoms with van der Waals surface area (Å²) in [4.78, 5) is 14.4. The summed E-state index contributed by atoms with van der Waals surface area (Å²) in [5.74, 6) is 0.558. The molecule has 0 bridgehead atoms. The third kappa shape index (κ3) is 2.52. The fourth-order valence-corrected chi connectivity index (χ4v) is 2.59. The maximum Gasteiger partial charge on any atom is 0.271 e. The molecule has 1 aliphatic rings. The lowest BCUT2D eigenvalue weighted by molar-refractivity contribution is -0.132. The summed E-state index contributed by atoms with van der Waals surface area (Å²) >= 11 is 0. The van der Waals surface area contributed by atoms with Crippen LogP contribution >= 0.6 is 0 Å². The number of aryl methyl sites for hydroxylation is 1. The van der Waals surface area contributed by atoms with Gasteiger partial charge in [0.1, 0.15) is 11.5 Å². The highest BCUT2D eigenvalue weighted by atomic mass is 16.5. The number of phenols is 1. The Balaban J connectivity index is 2.01. The molecule has 0 radical (unpaired) electrons. The van der Waals surface area contributed by atoms with E-state index >= 15 is 0 Å². The van der Waals surface area contributed by atoms with Gasteiger partial charge in [-0.1, -0.05) is 29.8 Å². The van der Waals surface area contributed by atoms with Crippen molar-refractivity contribution in [2.24, 2.45) is 0 Å². The van der Waals surface area contributed by atoms with E-state index in [1.807, 2.05) is 31.2 Å². The van der Waals surface area contributed by atoms with E-state index in [1.165, 1.54) is 5.56 Å². The molecule has 1 heterocycles. The van der Waals surface area contributed by atoms with E-state index in [2.05, 4.69) is 0 Å². The van der Waals surface area contributed by atoms with Crippen LogP contribution in [-0.4, -0.2) is 16.6 Å². The molecule has 22 heavy (non-hydrogen) atoms. The monoisotopic (exact) mass is 297 g/mol. The molecular weight excluding hydrogens is 278 g/mol. The first-order valence-electron chi connectivity index (χ1n) is 7.26. The van der Waals surface area contributed by atoms with Crippen LogP contribution in [-0.2, 0) is 11.3 Å². The van der Waals surface area contributed by atoms with Gasteiger partial charge in [0.05, 0.1) is 12.2 Å². The molecule has 4 heteroatoms. The third-order valence-corrected chi connectivity index (χ3v) is 3.82. The van der Waals surface area contributed by atoms with E-state index in [1.54, 1.807) is 36.9 Å². The number of anilines is 1. The maximum atomic E-state index is 12.7. The normalized spacial score (nSPS) is 16.1. The molecule has 0 unspecified atom stereocenters. The van der Waals surface area contributed by atoms with Crippen molar-refractivity contribution in [2.45, 2.75) is 32.9 Å². The fourth-order valence-electron chi connectivity index (χ4n) is 2.59. The van der Waals surface area contributed by atoms with Gasteiger partial charge in [0.2, 0.25) is 0 Å². The number of carbonyl (C=O) groups excluding carboxylic acids is 1. The molecule has 1 N–H and O–H groups in total. The minimum atomic E-state index is -0.953. The summed E-state index contributed by atoms with van der Waals surface area (Å²) in [6.07, 6.45) is 0. The molecular formula is C18H19NO3. The Morgan fingerprint density at radius 1 is 1.14 bits per heavy atom. The lowest BCUT2D eigenvalue weighted by atomic mass is 10.0. The minimum absolute atomic E-state index is 0.0914. The molecule has 2 aromatic carbocycles. The van der Waals surface area contributed by atoms with Crippen LogP contribution in [0.25, 0.3) is 0 Å². The van der Waals surface area contributed by atoms with Crippen LogP contribution in [0.4, 0.5) is 5.69 Å². The lowest BCUT2D eigenvalue weighted by Crippen LogP contribution is -2.52. The molecule has 0 saturated carbocycles. The SMILES string of the molecule is Cc1ccc(CN2C(=O)C(C)(C)Oc3cc(O)ccc32)cc1. The number of rotatable bonds is 2. The number of amides is 1. The van der Waals surface area contributed by atoms with E-state index in [-0.39, 0.29) is 11.7 Å². The molecule has 0 aromatic heterocycles. The number of hydrogen-bond donors (Lipinski definition) is 1. The topological polar surface area (TPSA) is 49.8 Å². The van der Waals surface area contributed by atoms with Crippen LogP contribution in [0.1, 0.15) is 25.0 Å². The van der Waals surface area contributed by atoms with Gasteiger partial charge in [-0.15, -0.1) is 0 Å². The zero-order chi connectivity index (χ0) is 15.9. The molecule has 0 fully saturated rings. The molecule has 2 aromatic rings. The highest BCUT2D eigenvalue weighted by Crippen LogP contribution is 2.40. The van der Waals surface area contributed by atoms with Gasteiger partial charge in [-0.2, -0.15) is 0 Å². The largest absolute Gasteiger partial charge is 0.508 e. The van der Waals surface area contributed by atoms with Gasteiger partial charge in [0.15, 0.2) is 5.60 Å². The van der Waals surface area contributed by atoms with Crippen LogP contribution in [0, 0.1) is 6.92 Å². The summed E-state index contributed by atoms with van der Waals surface area (Å²) in [5.41, 5.74) is 1.96. The highest BCUT2D eigenvalue weighted by molar-refractivity contribution is 6.02. The van der Waals surface area contributed by atoms with Crippen molar-refractivity contribution in [3.63, 3.8) is 0 Å². The Bertz CT molecular complexity index is 720. The van der Waals surface area contributed by atoms with E-state index in [0.29, 0.717) is 18.0 Å². The fraction of sp³-hybridized carbons (Fsp3) is 0.278. The third-order valence-electron chi connectivity index (χ3n) is 3.82. The molecule has 4 nitrogen and oxygen atoms in total. The maximum absolute atomic E-state index is 12.7. The van der Waals surface area contributed by atoms with E-state index in [9.17, 15) is 9.90 Å². The number of benzene rings is 2. The molecule has 0 spiro atoms. The van der Waals surface area contributed by atoms with Crippen LogP contribution in [0.3, 0.4) is 0 Å². The number of ether oxygens (including phenoxy) is 1. The van der Waals surface area contributed by atoms with Crippen LogP contribution in [0.5, 0.6) is 11.5 Å². The number of fused-ring (bicyclic) bond motifs is 1. The van der Waals surface area contributed by atoms with E-state index < -0.39 is 5.60 Å². The molecule has 0 saturated heterocycles. The molecule has 0 aliphatic carbocycles. The quantitative estimate of drug-likeness (QED) is 0.924. The van der Waals surface area contributed by atoms with Crippen molar-refractivity contribution in [3.8, 4) is 11.5 Å². The first-order chi connectivity index (χ1) is 10.4. The smallest absolute Gasteiger partial charge is 0.271 e. The van der Waals surface area contributed by atoms with Gasteiger partial charge in [0.25, 0.3) is 5.91 Å². The second kappa shape index (κ2) is 5.05. The molecule has 1 amide bonds. The van der Waals surface area contributed by atoms with Crippen molar-refractivity contribution < 1.29 is 14.6 Å². The summed E-state index contributed by atoms with van der Waals surface area (Å²) in [7, 11) is 0. The van der Waals surface area contributed by atoms with Gasteiger partial charge in [-0.25, -0.2) is 0 Å². The summed E-state index contributed by atoms with van der Waals surface area (Å²) in [6, 6.07) is 12.9. The van der Waals surface area contributed by atoms with Crippen molar-refractivity contribution in [1.29, 1.82) is 0 Å². The average Bonchev–Trinajstić information content (AvgIpc) is 2.45. The summed E-state index contributed by atoms with van der Waals surface area (Å²) in [6.45, 7) is 5.99. The van der Waals surface area contributed by atoms with Crippen molar-refractivity contribution >= 4 is 11.6 Å². The zero-order valence-corrected chi connectivity index (χ0v) is 13.0. The lowest BCUT2D eigenvalue weighted by Gasteiger charge is -2.38. The zero-order valence-electron chi connectivity index (χ0n) is 13.0. The second-order valence-electron chi connectivity index (χ2n) is 6.14. The molecule has 0 atom stereocenters. The number of nitrogens with zero attached hydrogens (tertiary/aromatic N) is 1. The number of aromatic hydroxyl groups is 1. The minimum Gasteiger partial charge on any atom is -0.508 e. The highest BCUT2D eigenvalue weighted by Gasteiger charge is 2.40. The molecule has 1 aliphatic heterocycles. The van der Waals surface area contributed by atoms with Crippen molar-refractivity contribution in [1.82, 2.24) is 0 Å². The Kier molecular flexibility index (Phi) is 3.32.